The average Bonchev–Trinajstić information content (AvgIpc) is 3.16. The molecule has 0 atom stereocenters. The zero-order valence-electron chi connectivity index (χ0n) is 19.1. The van der Waals surface area contributed by atoms with Crippen molar-refractivity contribution in [3.63, 3.8) is 0 Å². The number of hydrogen-bond donors (Lipinski definition) is 0. The van der Waals surface area contributed by atoms with Gasteiger partial charge >= 0.3 is 0 Å². The zero-order chi connectivity index (χ0) is 21.8. The average molecular weight is 503 g/mol. The van der Waals surface area contributed by atoms with Crippen LogP contribution in [0.5, 0.6) is 5.75 Å². The molecule has 1 radical (unpaired) electrons. The summed E-state index contributed by atoms with van der Waals surface area (Å²) in [7, 11) is 3.43. The molecule has 2 aromatic carbocycles. The van der Waals surface area contributed by atoms with Crippen LogP contribution in [-0.2, 0) is 50.4 Å². The van der Waals surface area contributed by atoms with Crippen molar-refractivity contribution in [3.8, 4) is 17.1 Å². The van der Waals surface area contributed by atoms with E-state index in [0.717, 1.165) is 45.7 Å². The third kappa shape index (κ3) is 5.28. The molecule has 0 saturated carbocycles. The first kappa shape index (κ1) is 24.6. The predicted octanol–water partition coefficient (Wildman–Crippen LogP) is 5.27. The second-order valence-electron chi connectivity index (χ2n) is 7.97. The van der Waals surface area contributed by atoms with E-state index in [0.29, 0.717) is 19.1 Å². The summed E-state index contributed by atoms with van der Waals surface area (Å²) < 4.78 is 13.4. The molecule has 0 amide bonds. The molecule has 0 unspecified atom stereocenters. The smallest absolute Gasteiger partial charge is 0.145 e. The van der Waals surface area contributed by atoms with Gasteiger partial charge in [0.2, 0.25) is 0 Å². The Morgan fingerprint density at radius 1 is 1.06 bits per heavy atom. The fraction of sp³-hybridized carbons (Fsp3) is 0.308. The second kappa shape index (κ2) is 11.2. The molecule has 4 rings (SSSR count). The minimum atomic E-state index is 0. The third-order valence-corrected chi connectivity index (χ3v) is 5.50. The molecule has 5 nitrogen and oxygen atoms in total. The fourth-order valence-electron chi connectivity index (χ4n) is 3.86. The molecule has 0 saturated heterocycles. The van der Waals surface area contributed by atoms with Gasteiger partial charge in [-0.3, -0.25) is 0 Å². The fourth-order valence-corrected chi connectivity index (χ4v) is 3.86. The van der Waals surface area contributed by atoms with E-state index >= 15 is 0 Å². The largest absolute Gasteiger partial charge is 0.494 e. The maximum atomic E-state index is 5.80. The summed E-state index contributed by atoms with van der Waals surface area (Å²) in [5.41, 5.74) is 6.45. The molecule has 0 aliphatic rings. The van der Waals surface area contributed by atoms with Crippen LogP contribution in [0.15, 0.2) is 54.7 Å². The Morgan fingerprint density at radius 2 is 1.84 bits per heavy atom. The number of methoxy groups -OCH3 is 2. The van der Waals surface area contributed by atoms with Gasteiger partial charge < -0.3 is 19.0 Å². The summed E-state index contributed by atoms with van der Waals surface area (Å²) >= 11 is 0. The van der Waals surface area contributed by atoms with Crippen molar-refractivity contribution in [3.05, 3.63) is 77.6 Å². The summed E-state index contributed by atoms with van der Waals surface area (Å²) in [5.74, 6) is 2.23. The summed E-state index contributed by atoms with van der Waals surface area (Å²) in [5, 5.41) is 0. The molecule has 32 heavy (non-hydrogen) atoms. The van der Waals surface area contributed by atoms with Gasteiger partial charge in [-0.2, -0.15) is 12.1 Å². The van der Waals surface area contributed by atoms with E-state index < -0.39 is 0 Å². The van der Waals surface area contributed by atoms with Gasteiger partial charge in [0.1, 0.15) is 17.1 Å². The molecule has 6 heteroatoms. The Hall–Kier alpha value is -2.08. The van der Waals surface area contributed by atoms with E-state index in [1.54, 1.807) is 20.4 Å². The summed E-state index contributed by atoms with van der Waals surface area (Å²) in [6.07, 6.45) is 5.52. The van der Waals surface area contributed by atoms with Crippen molar-refractivity contribution in [2.24, 2.45) is 0 Å². The van der Waals surface area contributed by atoms with Gasteiger partial charge in [-0.25, -0.2) is 4.98 Å². The van der Waals surface area contributed by atoms with Crippen molar-refractivity contribution in [2.45, 2.75) is 32.7 Å². The number of ether oxygens (including phenoxy) is 2. The van der Waals surface area contributed by atoms with Crippen LogP contribution in [0.25, 0.3) is 22.4 Å². The Labute approximate surface area is 215 Å². The van der Waals surface area contributed by atoms with E-state index in [2.05, 4.69) is 66.0 Å². The summed E-state index contributed by atoms with van der Waals surface area (Å²) in [6, 6.07) is 16.8. The first-order chi connectivity index (χ1) is 15.1. The molecule has 4 aromatic rings. The van der Waals surface area contributed by atoms with Crippen molar-refractivity contribution < 1.29 is 42.2 Å². The molecular formula is C26H28N3O2Y-. The Morgan fingerprint density at radius 3 is 2.47 bits per heavy atom. The zero-order valence-corrected chi connectivity index (χ0v) is 22.0. The number of aromatic nitrogens is 3. The molecule has 0 N–H and O–H groups in total. The number of imidazole rings is 1. The molecule has 0 fully saturated rings. The van der Waals surface area contributed by atoms with Crippen LogP contribution in [-0.4, -0.2) is 35.4 Å². The van der Waals surface area contributed by atoms with Crippen molar-refractivity contribution in [1.29, 1.82) is 0 Å². The van der Waals surface area contributed by atoms with E-state index in [-0.39, 0.29) is 32.7 Å². The molecule has 0 spiro atoms. The molecule has 0 aliphatic heterocycles. The predicted molar refractivity (Wildman–Crippen MR) is 124 cm³/mol. The minimum absolute atomic E-state index is 0. The van der Waals surface area contributed by atoms with Gasteiger partial charge in [0.15, 0.2) is 0 Å². The number of nitrogens with zero attached hydrogens (tertiary/aromatic N) is 3. The maximum absolute atomic E-state index is 5.80. The van der Waals surface area contributed by atoms with Gasteiger partial charge in [0.25, 0.3) is 0 Å². The molecule has 163 valence electrons. The first-order valence-electron chi connectivity index (χ1n) is 10.6. The van der Waals surface area contributed by atoms with Gasteiger partial charge in [-0.05, 0) is 35.6 Å². The van der Waals surface area contributed by atoms with Gasteiger partial charge in [0, 0.05) is 51.9 Å². The summed E-state index contributed by atoms with van der Waals surface area (Å²) in [6.45, 7) is 5.70. The van der Waals surface area contributed by atoms with Crippen LogP contribution in [0.1, 0.15) is 36.5 Å². The topological polar surface area (TPSA) is 49.2 Å². The monoisotopic (exact) mass is 503 g/mol. The Bertz CT molecular complexity index is 1160. The van der Waals surface area contributed by atoms with Crippen LogP contribution >= 0.6 is 0 Å². The van der Waals surface area contributed by atoms with Gasteiger partial charge in [-0.1, -0.05) is 50.5 Å². The summed E-state index contributed by atoms with van der Waals surface area (Å²) in [4.78, 5) is 9.13. The number of rotatable bonds is 8. The first-order valence-corrected chi connectivity index (χ1v) is 10.6. The molecule has 0 aliphatic carbocycles. The molecule has 0 bridgehead atoms. The minimum Gasteiger partial charge on any atom is -0.494 e. The van der Waals surface area contributed by atoms with Crippen LogP contribution in [0.4, 0.5) is 0 Å². The number of pyridine rings is 1. The van der Waals surface area contributed by atoms with E-state index in [1.165, 1.54) is 5.56 Å². The number of hydrogen-bond acceptors (Lipinski definition) is 4. The molecule has 2 aromatic heterocycles. The second-order valence-corrected chi connectivity index (χ2v) is 7.97. The third-order valence-electron chi connectivity index (χ3n) is 5.50. The Kier molecular flexibility index (Phi) is 8.58. The maximum Gasteiger partial charge on any atom is 0.145 e. The molecular weight excluding hydrogens is 475 g/mol. The van der Waals surface area contributed by atoms with Gasteiger partial charge in [0.05, 0.1) is 19.2 Å². The van der Waals surface area contributed by atoms with E-state index in [9.17, 15) is 0 Å². The number of fused-ring (bicyclic) bond motifs is 1. The number of benzene rings is 2. The van der Waals surface area contributed by atoms with Crippen LogP contribution < -0.4 is 4.74 Å². The van der Waals surface area contributed by atoms with Crippen LogP contribution in [0.3, 0.4) is 0 Å². The van der Waals surface area contributed by atoms with E-state index in [4.69, 9.17) is 14.5 Å². The SMILES string of the molecule is COCCn1c(-c2ccc(C(C)C)cc2)nc2cc(Cc3[c-]nccc3)cc(OC)c21.[Y]. The normalized spacial score (nSPS) is 11.0. The quantitative estimate of drug-likeness (QED) is 0.308. The van der Waals surface area contributed by atoms with Crippen molar-refractivity contribution in [1.82, 2.24) is 14.5 Å². The van der Waals surface area contributed by atoms with E-state index in [1.807, 2.05) is 12.1 Å². The van der Waals surface area contributed by atoms with Gasteiger partial charge in [-0.15, -0.1) is 5.56 Å². The standard InChI is InChI=1S/C26H28N3O2.Y/c1-18(2)21-7-9-22(10-8-21)26-28-23-15-20(14-19-6-5-11-27-17-19)16-24(31-4)25(23)29(26)12-13-30-3;/h5-11,15-16,18H,12-14H2,1-4H3;/q-1;. The van der Waals surface area contributed by atoms with Crippen molar-refractivity contribution >= 4 is 11.0 Å². The van der Waals surface area contributed by atoms with Crippen LogP contribution in [0, 0.1) is 6.20 Å². The van der Waals surface area contributed by atoms with Crippen LogP contribution in [0.2, 0.25) is 0 Å². The Balaban J connectivity index is 0.00000289. The van der Waals surface area contributed by atoms with Crippen molar-refractivity contribution in [2.75, 3.05) is 20.8 Å². The molecule has 2 heterocycles.